The quantitative estimate of drug-likeness (QED) is 0.641. The van der Waals surface area contributed by atoms with Crippen molar-refractivity contribution in [1.82, 2.24) is 0 Å². The third-order valence-electron chi connectivity index (χ3n) is 3.33. The first-order chi connectivity index (χ1) is 9.74. The molecule has 0 saturated heterocycles. The largest absolute Gasteiger partial charge is 0.378 e. The number of rotatable bonds is 3. The van der Waals surface area contributed by atoms with E-state index in [0.29, 0.717) is 0 Å². The van der Waals surface area contributed by atoms with Crippen LogP contribution in [0.4, 0.5) is 5.69 Å². The molecular formula is C18H17NS. The smallest absolute Gasteiger partial charge is 0.0361 e. The zero-order valence-electron chi connectivity index (χ0n) is 11.7. The molecule has 0 bridgehead atoms. The van der Waals surface area contributed by atoms with Gasteiger partial charge in [0.15, 0.2) is 0 Å². The fourth-order valence-electron chi connectivity index (χ4n) is 2.17. The van der Waals surface area contributed by atoms with Gasteiger partial charge in [-0.15, -0.1) is 11.3 Å². The van der Waals surface area contributed by atoms with Crippen molar-refractivity contribution < 1.29 is 0 Å². The monoisotopic (exact) mass is 279 g/mol. The number of nitrogens with zero attached hydrogens (tertiary/aromatic N) is 1. The van der Waals surface area contributed by atoms with Gasteiger partial charge in [0.25, 0.3) is 0 Å². The molecule has 20 heavy (non-hydrogen) atoms. The standard InChI is InChI=1S/C18H17NS/c1-19(2)16-10-8-15(9-11-16)18-13-12-17(20-18)14-6-4-3-5-7-14/h3-13H,1-2H3. The second-order valence-corrected chi connectivity index (χ2v) is 6.06. The third kappa shape index (κ3) is 2.61. The highest BCUT2D eigenvalue weighted by Crippen LogP contribution is 2.34. The maximum absolute atomic E-state index is 2.21. The van der Waals surface area contributed by atoms with Crippen molar-refractivity contribution in [3.63, 3.8) is 0 Å². The van der Waals surface area contributed by atoms with Crippen molar-refractivity contribution in [2.24, 2.45) is 0 Å². The highest BCUT2D eigenvalue weighted by molar-refractivity contribution is 7.18. The van der Waals surface area contributed by atoms with Gasteiger partial charge in [-0.25, -0.2) is 0 Å². The summed E-state index contributed by atoms with van der Waals surface area (Å²) in [6.45, 7) is 0. The Balaban J connectivity index is 1.90. The van der Waals surface area contributed by atoms with E-state index in [1.54, 1.807) is 0 Å². The second kappa shape index (κ2) is 5.51. The zero-order chi connectivity index (χ0) is 13.9. The Labute approximate surface area is 124 Å². The Hall–Kier alpha value is -2.06. The fraction of sp³-hybridized carbons (Fsp3) is 0.111. The molecule has 0 atom stereocenters. The Morgan fingerprint density at radius 3 is 1.75 bits per heavy atom. The van der Waals surface area contributed by atoms with Crippen LogP contribution in [0.3, 0.4) is 0 Å². The SMILES string of the molecule is CN(C)c1ccc(-c2ccc(-c3ccccc3)s2)cc1. The van der Waals surface area contributed by atoms with E-state index in [9.17, 15) is 0 Å². The Kier molecular flexibility index (Phi) is 3.57. The van der Waals surface area contributed by atoms with Gasteiger partial charge < -0.3 is 4.90 Å². The first-order valence-electron chi connectivity index (χ1n) is 6.67. The fourth-order valence-corrected chi connectivity index (χ4v) is 3.19. The van der Waals surface area contributed by atoms with Crippen LogP contribution >= 0.6 is 11.3 Å². The van der Waals surface area contributed by atoms with Gasteiger partial charge in [0.1, 0.15) is 0 Å². The van der Waals surface area contributed by atoms with Crippen molar-refractivity contribution >= 4 is 17.0 Å². The van der Waals surface area contributed by atoms with E-state index < -0.39 is 0 Å². The van der Waals surface area contributed by atoms with Gasteiger partial charge in [-0.2, -0.15) is 0 Å². The van der Waals surface area contributed by atoms with Crippen molar-refractivity contribution in [3.8, 4) is 20.9 Å². The van der Waals surface area contributed by atoms with E-state index in [4.69, 9.17) is 0 Å². The van der Waals surface area contributed by atoms with Crippen LogP contribution in [-0.4, -0.2) is 14.1 Å². The van der Waals surface area contributed by atoms with Crippen LogP contribution in [0.2, 0.25) is 0 Å². The van der Waals surface area contributed by atoms with Gasteiger partial charge in [0.2, 0.25) is 0 Å². The van der Waals surface area contributed by atoms with Gasteiger partial charge in [-0.1, -0.05) is 42.5 Å². The summed E-state index contributed by atoms with van der Waals surface area (Å²) >= 11 is 1.84. The first kappa shape index (κ1) is 12.9. The van der Waals surface area contributed by atoms with Gasteiger partial charge in [-0.3, -0.25) is 0 Å². The number of thiophene rings is 1. The molecule has 0 aliphatic heterocycles. The average molecular weight is 279 g/mol. The molecule has 0 unspecified atom stereocenters. The molecule has 0 fully saturated rings. The topological polar surface area (TPSA) is 3.24 Å². The van der Waals surface area contributed by atoms with Crippen molar-refractivity contribution in [3.05, 3.63) is 66.7 Å². The molecular weight excluding hydrogens is 262 g/mol. The molecule has 0 saturated carbocycles. The minimum absolute atomic E-state index is 1.23. The average Bonchev–Trinajstić information content (AvgIpc) is 2.98. The minimum Gasteiger partial charge on any atom is -0.378 e. The number of hydrogen-bond donors (Lipinski definition) is 0. The van der Waals surface area contributed by atoms with Crippen molar-refractivity contribution in [2.75, 3.05) is 19.0 Å². The molecule has 0 spiro atoms. The predicted molar refractivity (Wildman–Crippen MR) is 89.5 cm³/mol. The van der Waals surface area contributed by atoms with Gasteiger partial charge in [0, 0.05) is 29.5 Å². The summed E-state index contributed by atoms with van der Waals surface area (Å²) in [4.78, 5) is 4.75. The summed E-state index contributed by atoms with van der Waals surface area (Å²) in [6, 6.07) is 23.7. The molecule has 3 rings (SSSR count). The predicted octanol–water partition coefficient (Wildman–Crippen LogP) is 5.15. The van der Waals surface area contributed by atoms with Gasteiger partial charge in [-0.05, 0) is 35.4 Å². The molecule has 1 heterocycles. The maximum atomic E-state index is 2.21. The molecule has 0 aliphatic carbocycles. The van der Waals surface area contributed by atoms with Crippen LogP contribution in [0.5, 0.6) is 0 Å². The van der Waals surface area contributed by atoms with Gasteiger partial charge >= 0.3 is 0 Å². The van der Waals surface area contributed by atoms with E-state index in [1.807, 2.05) is 11.3 Å². The molecule has 0 aliphatic rings. The van der Waals surface area contributed by atoms with Crippen molar-refractivity contribution in [1.29, 1.82) is 0 Å². The number of anilines is 1. The molecule has 0 N–H and O–H groups in total. The Morgan fingerprint density at radius 1 is 0.650 bits per heavy atom. The number of benzene rings is 2. The van der Waals surface area contributed by atoms with Crippen LogP contribution < -0.4 is 4.90 Å². The third-order valence-corrected chi connectivity index (χ3v) is 4.52. The molecule has 3 aromatic rings. The molecule has 100 valence electrons. The van der Waals surface area contributed by atoms with Gasteiger partial charge in [0.05, 0.1) is 0 Å². The summed E-state index contributed by atoms with van der Waals surface area (Å²) in [7, 11) is 4.13. The highest BCUT2D eigenvalue weighted by atomic mass is 32.1. The lowest BCUT2D eigenvalue weighted by Gasteiger charge is -2.12. The maximum Gasteiger partial charge on any atom is 0.0361 e. The molecule has 0 amide bonds. The Bertz CT molecular complexity index is 681. The molecule has 2 aromatic carbocycles. The van der Waals surface area contributed by atoms with Crippen LogP contribution in [0, 0.1) is 0 Å². The lowest BCUT2D eigenvalue weighted by molar-refractivity contribution is 1.13. The van der Waals surface area contributed by atoms with Crippen LogP contribution in [-0.2, 0) is 0 Å². The zero-order valence-corrected chi connectivity index (χ0v) is 12.5. The van der Waals surface area contributed by atoms with E-state index in [0.717, 1.165) is 0 Å². The van der Waals surface area contributed by atoms with E-state index in [-0.39, 0.29) is 0 Å². The molecule has 0 radical (unpaired) electrons. The summed E-state index contributed by atoms with van der Waals surface area (Å²) in [5.74, 6) is 0. The van der Waals surface area contributed by atoms with Crippen molar-refractivity contribution in [2.45, 2.75) is 0 Å². The van der Waals surface area contributed by atoms with Crippen LogP contribution in [0.1, 0.15) is 0 Å². The summed E-state index contributed by atoms with van der Waals surface area (Å²) in [5.41, 5.74) is 3.80. The van der Waals surface area contributed by atoms with Crippen LogP contribution in [0.25, 0.3) is 20.9 Å². The second-order valence-electron chi connectivity index (χ2n) is 4.97. The normalized spacial score (nSPS) is 10.5. The molecule has 2 heteroatoms. The first-order valence-corrected chi connectivity index (χ1v) is 7.49. The summed E-state index contributed by atoms with van der Waals surface area (Å²) < 4.78 is 0. The van der Waals surface area contributed by atoms with Crippen LogP contribution in [0.15, 0.2) is 66.7 Å². The number of hydrogen-bond acceptors (Lipinski definition) is 2. The lowest BCUT2D eigenvalue weighted by atomic mass is 10.1. The summed E-state index contributed by atoms with van der Waals surface area (Å²) in [6.07, 6.45) is 0. The minimum atomic E-state index is 1.23. The molecule has 1 aromatic heterocycles. The highest BCUT2D eigenvalue weighted by Gasteiger charge is 2.05. The molecule has 1 nitrogen and oxygen atoms in total. The Morgan fingerprint density at radius 2 is 1.20 bits per heavy atom. The van der Waals surface area contributed by atoms with E-state index in [1.165, 1.54) is 26.6 Å². The lowest BCUT2D eigenvalue weighted by Crippen LogP contribution is -2.07. The van der Waals surface area contributed by atoms with E-state index in [2.05, 4.69) is 85.7 Å². The van der Waals surface area contributed by atoms with E-state index >= 15 is 0 Å². The summed E-state index contributed by atoms with van der Waals surface area (Å²) in [5, 5.41) is 0.